The SMILES string of the molecule is C/C=C(C)/C=C/C=C(C)/C=C/C1=C(C)CCCC1(C)C.[HH]. The van der Waals surface area contributed by atoms with Crippen LogP contribution in [0.2, 0.25) is 0 Å². The van der Waals surface area contributed by atoms with Crippen molar-refractivity contribution >= 4 is 0 Å². The maximum atomic E-state index is 2.36. The molecule has 0 saturated carbocycles. The molecular formula is C20H32. The predicted octanol–water partition coefficient (Wildman–Crippen LogP) is 6.78. The van der Waals surface area contributed by atoms with Gasteiger partial charge in [0.2, 0.25) is 0 Å². The lowest BCUT2D eigenvalue weighted by Crippen LogP contribution is -2.19. The molecule has 0 fully saturated rings. The molecule has 0 aliphatic heterocycles. The fourth-order valence-electron chi connectivity index (χ4n) is 2.73. The van der Waals surface area contributed by atoms with Crippen LogP contribution in [0.4, 0.5) is 0 Å². The number of hydrogen-bond donors (Lipinski definition) is 0. The van der Waals surface area contributed by atoms with Crippen molar-refractivity contribution < 1.29 is 1.43 Å². The zero-order chi connectivity index (χ0) is 15.2. The van der Waals surface area contributed by atoms with E-state index in [1.165, 1.54) is 36.0 Å². The predicted molar refractivity (Wildman–Crippen MR) is 93.9 cm³/mol. The highest BCUT2D eigenvalue weighted by Gasteiger charge is 2.26. The maximum Gasteiger partial charge on any atom is 0 e. The second-order valence-corrected chi connectivity index (χ2v) is 6.57. The van der Waals surface area contributed by atoms with Crippen molar-refractivity contribution in [2.24, 2.45) is 5.41 Å². The zero-order valence-corrected chi connectivity index (χ0v) is 14.1. The average Bonchev–Trinajstić information content (AvgIpc) is 2.37. The highest BCUT2D eigenvalue weighted by atomic mass is 14.3. The fourth-order valence-corrected chi connectivity index (χ4v) is 2.73. The Morgan fingerprint density at radius 1 is 1.15 bits per heavy atom. The molecule has 0 aromatic carbocycles. The zero-order valence-electron chi connectivity index (χ0n) is 14.1. The van der Waals surface area contributed by atoms with Gasteiger partial charge in [0.25, 0.3) is 0 Å². The second kappa shape index (κ2) is 7.47. The van der Waals surface area contributed by atoms with Gasteiger partial charge in [0.1, 0.15) is 0 Å². The van der Waals surface area contributed by atoms with E-state index in [0.29, 0.717) is 5.41 Å². The molecule has 112 valence electrons. The molecule has 20 heavy (non-hydrogen) atoms. The van der Waals surface area contributed by atoms with Crippen LogP contribution in [0, 0.1) is 5.41 Å². The van der Waals surface area contributed by atoms with E-state index in [2.05, 4.69) is 78.0 Å². The van der Waals surface area contributed by atoms with Crippen LogP contribution in [-0.4, -0.2) is 0 Å². The third-order valence-electron chi connectivity index (χ3n) is 4.23. The summed E-state index contributed by atoms with van der Waals surface area (Å²) in [6.45, 7) is 13.4. The highest BCUT2D eigenvalue weighted by molar-refractivity contribution is 5.37. The fraction of sp³-hybridized carbons (Fsp3) is 0.500. The summed E-state index contributed by atoms with van der Waals surface area (Å²) in [7, 11) is 0. The Morgan fingerprint density at radius 3 is 2.45 bits per heavy atom. The summed E-state index contributed by atoms with van der Waals surface area (Å²) in [6, 6.07) is 0. The summed E-state index contributed by atoms with van der Waals surface area (Å²) in [5, 5.41) is 0. The minimum absolute atomic E-state index is 0. The second-order valence-electron chi connectivity index (χ2n) is 6.57. The van der Waals surface area contributed by atoms with Crippen LogP contribution < -0.4 is 0 Å². The van der Waals surface area contributed by atoms with E-state index < -0.39 is 0 Å². The van der Waals surface area contributed by atoms with Crippen LogP contribution in [0.25, 0.3) is 0 Å². The molecule has 0 unspecified atom stereocenters. The van der Waals surface area contributed by atoms with Gasteiger partial charge in [-0.3, -0.25) is 0 Å². The van der Waals surface area contributed by atoms with Gasteiger partial charge >= 0.3 is 0 Å². The molecular weight excluding hydrogens is 240 g/mol. The Balaban J connectivity index is 0.00000400. The number of allylic oxidation sites excluding steroid dienone is 10. The van der Waals surface area contributed by atoms with E-state index in [-0.39, 0.29) is 1.43 Å². The molecule has 0 atom stereocenters. The van der Waals surface area contributed by atoms with Gasteiger partial charge in [-0.05, 0) is 57.9 Å². The first-order valence-electron chi connectivity index (χ1n) is 7.73. The standard InChI is InChI=1S/C20H30.H2/c1-7-16(2)10-8-11-17(3)13-14-19-18(4)12-9-15-20(19,5)6;/h7-8,10-11,13-14H,9,12,15H2,1-6H3;1H/b10-8+,14-13+,16-7+,17-11+;. The van der Waals surface area contributed by atoms with Crippen molar-refractivity contribution in [2.45, 2.75) is 60.8 Å². The summed E-state index contributed by atoms with van der Waals surface area (Å²) >= 11 is 0. The molecule has 0 radical (unpaired) electrons. The third-order valence-corrected chi connectivity index (χ3v) is 4.23. The van der Waals surface area contributed by atoms with Gasteiger partial charge in [-0.25, -0.2) is 0 Å². The summed E-state index contributed by atoms with van der Waals surface area (Å²) in [5.41, 5.74) is 6.02. The van der Waals surface area contributed by atoms with Gasteiger partial charge in [-0.1, -0.05) is 67.0 Å². The van der Waals surface area contributed by atoms with Gasteiger partial charge in [-0.15, -0.1) is 0 Å². The maximum absolute atomic E-state index is 2.36. The van der Waals surface area contributed by atoms with Gasteiger partial charge in [0.15, 0.2) is 0 Å². The molecule has 0 amide bonds. The Hall–Kier alpha value is -1.30. The minimum atomic E-state index is 0. The highest BCUT2D eigenvalue weighted by Crippen LogP contribution is 2.40. The van der Waals surface area contributed by atoms with E-state index >= 15 is 0 Å². The smallest absolute Gasteiger partial charge is 0 e. The Kier molecular flexibility index (Phi) is 6.26. The van der Waals surface area contributed by atoms with Crippen molar-refractivity contribution in [3.05, 3.63) is 58.7 Å². The first kappa shape index (κ1) is 16.8. The Morgan fingerprint density at radius 2 is 1.85 bits per heavy atom. The van der Waals surface area contributed by atoms with E-state index in [1.807, 2.05) is 0 Å². The lowest BCUT2D eigenvalue weighted by molar-refractivity contribution is 0.377. The topological polar surface area (TPSA) is 0 Å². The van der Waals surface area contributed by atoms with Crippen LogP contribution in [0.3, 0.4) is 0 Å². The molecule has 0 bridgehead atoms. The van der Waals surface area contributed by atoms with Gasteiger partial charge < -0.3 is 0 Å². The van der Waals surface area contributed by atoms with E-state index in [4.69, 9.17) is 0 Å². The molecule has 0 saturated heterocycles. The monoisotopic (exact) mass is 272 g/mol. The summed E-state index contributed by atoms with van der Waals surface area (Å²) in [6.07, 6.45) is 17.0. The Labute approximate surface area is 127 Å². The largest absolute Gasteiger partial charge is 0.0847 e. The first-order chi connectivity index (χ1) is 9.36. The van der Waals surface area contributed by atoms with Gasteiger partial charge in [0, 0.05) is 1.43 Å². The van der Waals surface area contributed by atoms with E-state index in [9.17, 15) is 0 Å². The van der Waals surface area contributed by atoms with Gasteiger partial charge in [0.05, 0.1) is 0 Å². The average molecular weight is 272 g/mol. The van der Waals surface area contributed by atoms with Crippen LogP contribution in [0.15, 0.2) is 58.7 Å². The van der Waals surface area contributed by atoms with Crippen molar-refractivity contribution in [3.8, 4) is 0 Å². The Bertz CT molecular complexity index is 482. The van der Waals surface area contributed by atoms with Crippen LogP contribution in [-0.2, 0) is 0 Å². The molecule has 0 aromatic heterocycles. The quantitative estimate of drug-likeness (QED) is 0.494. The summed E-state index contributed by atoms with van der Waals surface area (Å²) in [5.74, 6) is 0. The first-order valence-corrected chi connectivity index (χ1v) is 7.73. The van der Waals surface area contributed by atoms with Crippen molar-refractivity contribution in [1.82, 2.24) is 0 Å². The normalized spacial score (nSPS) is 21.3. The number of hydrogen-bond acceptors (Lipinski definition) is 0. The molecule has 0 heterocycles. The molecule has 0 N–H and O–H groups in total. The van der Waals surface area contributed by atoms with Crippen molar-refractivity contribution in [2.75, 3.05) is 0 Å². The molecule has 0 heteroatoms. The molecule has 1 aliphatic rings. The number of rotatable bonds is 4. The molecule has 1 rings (SSSR count). The lowest BCUT2D eigenvalue weighted by Gasteiger charge is -2.32. The minimum Gasteiger partial charge on any atom is -0.0847 e. The van der Waals surface area contributed by atoms with E-state index in [1.54, 1.807) is 5.57 Å². The van der Waals surface area contributed by atoms with Gasteiger partial charge in [-0.2, -0.15) is 0 Å². The van der Waals surface area contributed by atoms with Crippen LogP contribution in [0.5, 0.6) is 0 Å². The summed E-state index contributed by atoms with van der Waals surface area (Å²) in [4.78, 5) is 0. The van der Waals surface area contributed by atoms with Crippen LogP contribution in [0.1, 0.15) is 62.2 Å². The molecule has 0 spiro atoms. The third kappa shape index (κ3) is 5.00. The molecule has 0 aromatic rings. The van der Waals surface area contributed by atoms with Crippen LogP contribution >= 0.6 is 0 Å². The summed E-state index contributed by atoms with van der Waals surface area (Å²) < 4.78 is 0. The lowest BCUT2D eigenvalue weighted by atomic mass is 9.72. The van der Waals surface area contributed by atoms with Crippen molar-refractivity contribution in [3.63, 3.8) is 0 Å². The van der Waals surface area contributed by atoms with Crippen molar-refractivity contribution in [1.29, 1.82) is 0 Å². The van der Waals surface area contributed by atoms with E-state index in [0.717, 1.165) is 0 Å². The molecule has 0 nitrogen and oxygen atoms in total. The molecule has 1 aliphatic carbocycles.